The Kier molecular flexibility index (Phi) is 7.48. The van der Waals surface area contributed by atoms with Gasteiger partial charge in [-0.15, -0.1) is 0 Å². The van der Waals surface area contributed by atoms with Gasteiger partial charge in [-0.1, -0.05) is 0 Å². The summed E-state index contributed by atoms with van der Waals surface area (Å²) in [6.07, 6.45) is 1.36. The minimum Gasteiger partial charge on any atom is -0.462 e. The van der Waals surface area contributed by atoms with Crippen molar-refractivity contribution in [1.82, 2.24) is 14.9 Å². The third kappa shape index (κ3) is 6.23. The van der Waals surface area contributed by atoms with E-state index >= 15 is 0 Å². The van der Waals surface area contributed by atoms with Crippen molar-refractivity contribution in [1.29, 1.82) is 0 Å². The molecule has 0 bridgehead atoms. The predicted octanol–water partition coefficient (Wildman–Crippen LogP) is 1.65. The van der Waals surface area contributed by atoms with E-state index in [0.717, 1.165) is 32.8 Å². The van der Waals surface area contributed by atoms with Gasteiger partial charge < -0.3 is 20.1 Å². The molecule has 2 aromatic rings. The van der Waals surface area contributed by atoms with Crippen LogP contribution in [0.4, 0.5) is 11.5 Å². The lowest BCUT2D eigenvalue weighted by Crippen LogP contribution is -2.39. The lowest BCUT2D eigenvalue weighted by atomic mass is 10.2. The number of rotatable bonds is 8. The zero-order valence-electron chi connectivity index (χ0n) is 16.4. The number of carbonyl (C=O) groups excluding carboxylic acids is 2. The summed E-state index contributed by atoms with van der Waals surface area (Å²) >= 11 is 0. The Labute approximate surface area is 169 Å². The number of morpholine rings is 1. The summed E-state index contributed by atoms with van der Waals surface area (Å²) in [4.78, 5) is 34.7. The van der Waals surface area contributed by atoms with Crippen molar-refractivity contribution in [3.8, 4) is 0 Å². The van der Waals surface area contributed by atoms with Gasteiger partial charge in [0.2, 0.25) is 0 Å². The molecule has 1 fully saturated rings. The number of hydrogen-bond donors (Lipinski definition) is 2. The second kappa shape index (κ2) is 10.5. The van der Waals surface area contributed by atoms with Gasteiger partial charge >= 0.3 is 5.97 Å². The Morgan fingerprint density at radius 3 is 2.66 bits per heavy atom. The van der Waals surface area contributed by atoms with Crippen LogP contribution in [0, 0.1) is 0 Å². The molecule has 1 aromatic heterocycles. The van der Waals surface area contributed by atoms with Crippen LogP contribution in [0.15, 0.2) is 36.7 Å². The lowest BCUT2D eigenvalue weighted by Gasteiger charge is -2.26. The maximum atomic E-state index is 12.5. The Balaban J connectivity index is 1.52. The summed E-state index contributed by atoms with van der Waals surface area (Å²) in [5.41, 5.74) is 1.24. The molecular weight excluding hydrogens is 374 g/mol. The number of ether oxygens (including phenoxy) is 2. The molecule has 1 saturated heterocycles. The van der Waals surface area contributed by atoms with E-state index in [0.29, 0.717) is 30.2 Å². The van der Waals surface area contributed by atoms with Gasteiger partial charge in [0, 0.05) is 37.9 Å². The SMILES string of the molecule is CCOC(=O)c1ccc(NC(=O)c2cc(NCCN3CCOCC3)ncn2)cc1. The molecule has 0 spiro atoms. The highest BCUT2D eigenvalue weighted by molar-refractivity contribution is 6.03. The number of nitrogens with one attached hydrogen (secondary N) is 2. The molecule has 1 aliphatic heterocycles. The number of anilines is 2. The van der Waals surface area contributed by atoms with Gasteiger partial charge in [0.05, 0.1) is 25.4 Å². The lowest BCUT2D eigenvalue weighted by molar-refractivity contribution is 0.0398. The Morgan fingerprint density at radius 2 is 1.93 bits per heavy atom. The highest BCUT2D eigenvalue weighted by Crippen LogP contribution is 2.13. The first-order chi connectivity index (χ1) is 14.2. The number of nitrogens with zero attached hydrogens (tertiary/aromatic N) is 3. The molecule has 9 nitrogen and oxygen atoms in total. The largest absolute Gasteiger partial charge is 0.462 e. The summed E-state index contributed by atoms with van der Waals surface area (Å²) in [6, 6.07) is 8.11. The fourth-order valence-corrected chi connectivity index (χ4v) is 2.84. The van der Waals surface area contributed by atoms with Crippen LogP contribution < -0.4 is 10.6 Å². The predicted molar refractivity (Wildman–Crippen MR) is 108 cm³/mol. The van der Waals surface area contributed by atoms with Crippen molar-refractivity contribution < 1.29 is 19.1 Å². The molecule has 0 unspecified atom stereocenters. The van der Waals surface area contributed by atoms with E-state index in [9.17, 15) is 9.59 Å². The van der Waals surface area contributed by atoms with E-state index in [1.165, 1.54) is 6.33 Å². The molecule has 1 aliphatic rings. The van der Waals surface area contributed by atoms with Gasteiger partial charge in [0.15, 0.2) is 0 Å². The topological polar surface area (TPSA) is 106 Å². The van der Waals surface area contributed by atoms with Crippen LogP contribution in [0.25, 0.3) is 0 Å². The fourth-order valence-electron chi connectivity index (χ4n) is 2.84. The Bertz CT molecular complexity index is 822. The second-order valence-corrected chi connectivity index (χ2v) is 6.42. The second-order valence-electron chi connectivity index (χ2n) is 6.42. The Morgan fingerprint density at radius 1 is 1.17 bits per heavy atom. The van der Waals surface area contributed by atoms with Gasteiger partial charge in [-0.25, -0.2) is 14.8 Å². The van der Waals surface area contributed by atoms with Crippen molar-refractivity contribution >= 4 is 23.4 Å². The van der Waals surface area contributed by atoms with Crippen molar-refractivity contribution in [3.63, 3.8) is 0 Å². The summed E-state index contributed by atoms with van der Waals surface area (Å²) < 4.78 is 10.3. The van der Waals surface area contributed by atoms with Gasteiger partial charge in [-0.2, -0.15) is 0 Å². The molecule has 154 valence electrons. The van der Waals surface area contributed by atoms with Gasteiger partial charge in [0.25, 0.3) is 5.91 Å². The van der Waals surface area contributed by atoms with Crippen LogP contribution in [-0.2, 0) is 9.47 Å². The van der Waals surface area contributed by atoms with Crippen molar-refractivity contribution in [2.24, 2.45) is 0 Å². The number of aromatic nitrogens is 2. The summed E-state index contributed by atoms with van der Waals surface area (Å²) in [6.45, 7) is 7.03. The average Bonchev–Trinajstić information content (AvgIpc) is 2.75. The number of benzene rings is 1. The molecule has 2 heterocycles. The first kappa shape index (κ1) is 20.7. The molecule has 2 N–H and O–H groups in total. The third-order valence-corrected chi connectivity index (χ3v) is 4.39. The highest BCUT2D eigenvalue weighted by atomic mass is 16.5. The molecule has 1 aromatic carbocycles. The van der Waals surface area contributed by atoms with Crippen molar-refractivity contribution in [2.75, 3.05) is 56.6 Å². The quantitative estimate of drug-likeness (QED) is 0.646. The maximum absolute atomic E-state index is 12.5. The van der Waals surface area contributed by atoms with E-state index in [4.69, 9.17) is 9.47 Å². The molecule has 0 aliphatic carbocycles. The summed E-state index contributed by atoms with van der Waals surface area (Å²) in [5, 5.41) is 5.98. The summed E-state index contributed by atoms with van der Waals surface area (Å²) in [5.74, 6) is -0.155. The molecule has 9 heteroatoms. The van der Waals surface area contributed by atoms with Crippen LogP contribution in [0.2, 0.25) is 0 Å². The van der Waals surface area contributed by atoms with Crippen LogP contribution in [0.1, 0.15) is 27.8 Å². The van der Waals surface area contributed by atoms with E-state index in [1.807, 2.05) is 0 Å². The van der Waals surface area contributed by atoms with Gasteiger partial charge in [-0.05, 0) is 31.2 Å². The van der Waals surface area contributed by atoms with Gasteiger partial charge in [-0.3, -0.25) is 9.69 Å². The van der Waals surface area contributed by atoms with Gasteiger partial charge in [0.1, 0.15) is 17.8 Å². The minimum absolute atomic E-state index is 0.253. The van der Waals surface area contributed by atoms with E-state index in [2.05, 4.69) is 25.5 Å². The van der Waals surface area contributed by atoms with E-state index in [1.54, 1.807) is 37.3 Å². The Hall–Kier alpha value is -3.04. The molecule has 3 rings (SSSR count). The fraction of sp³-hybridized carbons (Fsp3) is 0.400. The zero-order valence-corrected chi connectivity index (χ0v) is 16.4. The minimum atomic E-state index is -0.394. The van der Waals surface area contributed by atoms with Crippen LogP contribution in [0.5, 0.6) is 0 Å². The first-order valence-corrected chi connectivity index (χ1v) is 9.60. The highest BCUT2D eigenvalue weighted by Gasteiger charge is 2.12. The first-order valence-electron chi connectivity index (χ1n) is 9.60. The molecular formula is C20H25N5O4. The smallest absolute Gasteiger partial charge is 0.338 e. The molecule has 0 radical (unpaired) electrons. The number of amides is 1. The molecule has 1 amide bonds. The van der Waals surface area contributed by atoms with Crippen molar-refractivity contribution in [2.45, 2.75) is 6.92 Å². The third-order valence-electron chi connectivity index (χ3n) is 4.39. The van der Waals surface area contributed by atoms with Crippen molar-refractivity contribution in [3.05, 3.63) is 47.9 Å². The van der Waals surface area contributed by atoms with E-state index in [-0.39, 0.29) is 11.6 Å². The van der Waals surface area contributed by atoms with E-state index < -0.39 is 5.97 Å². The molecule has 0 saturated carbocycles. The average molecular weight is 399 g/mol. The number of esters is 1. The normalized spacial score (nSPS) is 14.2. The molecule has 29 heavy (non-hydrogen) atoms. The monoisotopic (exact) mass is 399 g/mol. The van der Waals surface area contributed by atoms with Crippen LogP contribution in [0.3, 0.4) is 0 Å². The maximum Gasteiger partial charge on any atom is 0.338 e. The molecule has 0 atom stereocenters. The summed E-state index contributed by atoms with van der Waals surface area (Å²) in [7, 11) is 0. The standard InChI is InChI=1S/C20H25N5O4/c1-2-29-20(27)15-3-5-16(6-4-15)24-19(26)17-13-18(23-14-22-17)21-7-8-25-9-11-28-12-10-25/h3-6,13-14H,2,7-12H2,1H3,(H,24,26)(H,21,22,23). The van der Waals surface area contributed by atoms with Crippen LogP contribution in [-0.4, -0.2) is 72.7 Å². The zero-order chi connectivity index (χ0) is 20.5. The number of hydrogen-bond acceptors (Lipinski definition) is 8. The van der Waals surface area contributed by atoms with Crippen LogP contribution >= 0.6 is 0 Å². The number of carbonyl (C=O) groups is 2.